The maximum atomic E-state index is 11.2. The van der Waals surface area contributed by atoms with Crippen molar-refractivity contribution in [2.75, 3.05) is 10.6 Å². The molecule has 0 fully saturated rings. The Morgan fingerprint density at radius 1 is 1.20 bits per heavy atom. The van der Waals surface area contributed by atoms with Gasteiger partial charge in [-0.3, -0.25) is 4.79 Å². The summed E-state index contributed by atoms with van der Waals surface area (Å²) in [6, 6.07) is 12.0. The Morgan fingerprint density at radius 2 is 2.00 bits per heavy atom. The fourth-order valence-corrected chi connectivity index (χ4v) is 1.81. The standard InChI is InChI=1S/C16H19N3O/c1-3-16(20)19-15-9-8-14(11-18-15)17-10-13-7-5-4-6-12(13)2/h4-9,11,17H,3,10H2,1-2H3,(H,18,19,20). The van der Waals surface area contributed by atoms with Crippen LogP contribution in [0.5, 0.6) is 0 Å². The lowest BCUT2D eigenvalue weighted by molar-refractivity contribution is -0.115. The highest BCUT2D eigenvalue weighted by Gasteiger charge is 2.01. The lowest BCUT2D eigenvalue weighted by Crippen LogP contribution is -2.10. The molecule has 0 saturated heterocycles. The van der Waals surface area contributed by atoms with Crippen LogP contribution < -0.4 is 10.6 Å². The van der Waals surface area contributed by atoms with Gasteiger partial charge in [-0.05, 0) is 30.2 Å². The van der Waals surface area contributed by atoms with Crippen LogP contribution in [-0.4, -0.2) is 10.9 Å². The number of hydrogen-bond acceptors (Lipinski definition) is 3. The van der Waals surface area contributed by atoms with Gasteiger partial charge in [0.05, 0.1) is 11.9 Å². The van der Waals surface area contributed by atoms with Crippen LogP contribution in [0.15, 0.2) is 42.6 Å². The normalized spacial score (nSPS) is 10.1. The Balaban J connectivity index is 1.94. The monoisotopic (exact) mass is 269 g/mol. The minimum absolute atomic E-state index is 0.0295. The van der Waals surface area contributed by atoms with Gasteiger partial charge < -0.3 is 10.6 Å². The molecule has 4 heteroatoms. The van der Waals surface area contributed by atoms with Crippen LogP contribution in [0.3, 0.4) is 0 Å². The summed E-state index contributed by atoms with van der Waals surface area (Å²) in [5, 5.41) is 6.04. The molecule has 2 rings (SSSR count). The van der Waals surface area contributed by atoms with Gasteiger partial charge in [0.15, 0.2) is 0 Å². The van der Waals surface area contributed by atoms with Gasteiger partial charge in [0.1, 0.15) is 5.82 Å². The van der Waals surface area contributed by atoms with E-state index in [1.54, 1.807) is 12.3 Å². The molecule has 1 aromatic carbocycles. The number of pyridine rings is 1. The number of nitrogens with one attached hydrogen (secondary N) is 2. The summed E-state index contributed by atoms with van der Waals surface area (Å²) in [5.41, 5.74) is 3.46. The summed E-state index contributed by atoms with van der Waals surface area (Å²) >= 11 is 0. The summed E-state index contributed by atoms with van der Waals surface area (Å²) in [7, 11) is 0. The van der Waals surface area contributed by atoms with E-state index in [2.05, 4.69) is 34.7 Å². The molecule has 0 spiro atoms. The molecule has 2 aromatic rings. The zero-order valence-corrected chi connectivity index (χ0v) is 11.8. The molecular weight excluding hydrogens is 250 g/mol. The van der Waals surface area contributed by atoms with E-state index in [9.17, 15) is 4.79 Å². The maximum absolute atomic E-state index is 11.2. The van der Waals surface area contributed by atoms with E-state index in [4.69, 9.17) is 0 Å². The Morgan fingerprint density at radius 3 is 2.65 bits per heavy atom. The third-order valence-corrected chi connectivity index (χ3v) is 3.10. The van der Waals surface area contributed by atoms with Gasteiger partial charge in [0.2, 0.25) is 5.91 Å². The van der Waals surface area contributed by atoms with E-state index < -0.39 is 0 Å². The van der Waals surface area contributed by atoms with Crippen molar-refractivity contribution < 1.29 is 4.79 Å². The molecular formula is C16H19N3O. The Labute approximate surface area is 119 Å². The summed E-state index contributed by atoms with van der Waals surface area (Å²) in [6.07, 6.45) is 2.18. The molecule has 0 aliphatic carbocycles. The third kappa shape index (κ3) is 3.82. The van der Waals surface area contributed by atoms with Gasteiger partial charge in [0, 0.05) is 13.0 Å². The second-order valence-electron chi connectivity index (χ2n) is 4.61. The lowest BCUT2D eigenvalue weighted by Gasteiger charge is -2.09. The average Bonchev–Trinajstić information content (AvgIpc) is 2.48. The maximum Gasteiger partial charge on any atom is 0.225 e. The molecule has 0 unspecified atom stereocenters. The highest BCUT2D eigenvalue weighted by molar-refractivity contribution is 5.89. The molecule has 0 bridgehead atoms. The first-order valence-corrected chi connectivity index (χ1v) is 6.73. The minimum atomic E-state index is -0.0295. The summed E-state index contributed by atoms with van der Waals surface area (Å²) in [4.78, 5) is 15.5. The molecule has 1 amide bonds. The van der Waals surface area contributed by atoms with Crippen LogP contribution in [0.4, 0.5) is 11.5 Å². The van der Waals surface area contributed by atoms with E-state index >= 15 is 0 Å². The number of nitrogens with zero attached hydrogens (tertiary/aromatic N) is 1. The second-order valence-corrected chi connectivity index (χ2v) is 4.61. The Hall–Kier alpha value is -2.36. The van der Waals surface area contributed by atoms with Gasteiger partial charge in [-0.2, -0.15) is 0 Å². The zero-order chi connectivity index (χ0) is 14.4. The largest absolute Gasteiger partial charge is 0.380 e. The van der Waals surface area contributed by atoms with E-state index in [0.29, 0.717) is 12.2 Å². The Bertz CT molecular complexity index is 579. The molecule has 20 heavy (non-hydrogen) atoms. The molecule has 104 valence electrons. The molecule has 0 aliphatic heterocycles. The molecule has 0 atom stereocenters. The van der Waals surface area contributed by atoms with E-state index in [-0.39, 0.29) is 5.91 Å². The SMILES string of the molecule is CCC(=O)Nc1ccc(NCc2ccccc2C)cn1. The van der Waals surface area contributed by atoms with E-state index in [0.717, 1.165) is 12.2 Å². The summed E-state index contributed by atoms with van der Waals surface area (Å²) in [5.74, 6) is 0.552. The van der Waals surface area contributed by atoms with Crippen molar-refractivity contribution in [2.45, 2.75) is 26.8 Å². The van der Waals surface area contributed by atoms with Gasteiger partial charge in [-0.1, -0.05) is 31.2 Å². The number of carbonyl (C=O) groups excluding carboxylic acids is 1. The first kappa shape index (κ1) is 14.1. The quantitative estimate of drug-likeness (QED) is 0.875. The van der Waals surface area contributed by atoms with E-state index in [1.807, 2.05) is 25.1 Å². The number of amides is 1. The molecule has 2 N–H and O–H groups in total. The van der Waals surface area contributed by atoms with Crippen molar-refractivity contribution in [3.8, 4) is 0 Å². The van der Waals surface area contributed by atoms with Crippen LogP contribution >= 0.6 is 0 Å². The van der Waals surface area contributed by atoms with Crippen LogP contribution in [0.1, 0.15) is 24.5 Å². The van der Waals surface area contributed by atoms with Crippen LogP contribution in [-0.2, 0) is 11.3 Å². The topological polar surface area (TPSA) is 54.0 Å². The lowest BCUT2D eigenvalue weighted by atomic mass is 10.1. The van der Waals surface area contributed by atoms with Crippen molar-refractivity contribution >= 4 is 17.4 Å². The van der Waals surface area contributed by atoms with E-state index in [1.165, 1.54) is 11.1 Å². The molecule has 0 saturated carbocycles. The fourth-order valence-electron chi connectivity index (χ4n) is 1.81. The first-order valence-electron chi connectivity index (χ1n) is 6.73. The highest BCUT2D eigenvalue weighted by atomic mass is 16.1. The third-order valence-electron chi connectivity index (χ3n) is 3.10. The van der Waals surface area contributed by atoms with Crippen molar-refractivity contribution in [1.82, 2.24) is 4.98 Å². The molecule has 0 aliphatic rings. The number of aromatic nitrogens is 1. The van der Waals surface area contributed by atoms with Gasteiger partial charge in [0.25, 0.3) is 0 Å². The van der Waals surface area contributed by atoms with Crippen molar-refractivity contribution in [2.24, 2.45) is 0 Å². The predicted molar refractivity (Wildman–Crippen MR) is 81.7 cm³/mol. The number of benzene rings is 1. The summed E-state index contributed by atoms with van der Waals surface area (Å²) < 4.78 is 0. The molecule has 0 radical (unpaired) electrons. The molecule has 1 heterocycles. The van der Waals surface area contributed by atoms with Gasteiger partial charge in [-0.15, -0.1) is 0 Å². The van der Waals surface area contributed by atoms with Crippen molar-refractivity contribution in [3.05, 3.63) is 53.7 Å². The smallest absolute Gasteiger partial charge is 0.225 e. The average molecular weight is 269 g/mol. The highest BCUT2D eigenvalue weighted by Crippen LogP contribution is 2.13. The number of anilines is 2. The summed E-state index contributed by atoms with van der Waals surface area (Å²) in [6.45, 7) is 4.67. The van der Waals surface area contributed by atoms with Crippen LogP contribution in [0.2, 0.25) is 0 Å². The minimum Gasteiger partial charge on any atom is -0.380 e. The predicted octanol–water partition coefficient (Wildman–Crippen LogP) is 3.35. The van der Waals surface area contributed by atoms with Crippen molar-refractivity contribution in [3.63, 3.8) is 0 Å². The number of carbonyl (C=O) groups is 1. The van der Waals surface area contributed by atoms with Crippen molar-refractivity contribution in [1.29, 1.82) is 0 Å². The second kappa shape index (κ2) is 6.70. The Kier molecular flexibility index (Phi) is 4.71. The molecule has 4 nitrogen and oxygen atoms in total. The number of hydrogen-bond donors (Lipinski definition) is 2. The van der Waals surface area contributed by atoms with Gasteiger partial charge in [-0.25, -0.2) is 4.98 Å². The number of rotatable bonds is 5. The van der Waals surface area contributed by atoms with Gasteiger partial charge >= 0.3 is 0 Å². The van der Waals surface area contributed by atoms with Crippen LogP contribution in [0, 0.1) is 6.92 Å². The van der Waals surface area contributed by atoms with Crippen LogP contribution in [0.25, 0.3) is 0 Å². The fraction of sp³-hybridized carbons (Fsp3) is 0.250. The molecule has 1 aromatic heterocycles. The first-order chi connectivity index (χ1) is 9.69. The number of aryl methyl sites for hydroxylation is 1. The zero-order valence-electron chi connectivity index (χ0n) is 11.8.